The smallest absolute Gasteiger partial charge is 0.296 e. The van der Waals surface area contributed by atoms with Crippen molar-refractivity contribution in [3.63, 3.8) is 0 Å². The van der Waals surface area contributed by atoms with Crippen LogP contribution in [0.1, 0.15) is 13.8 Å². The minimum absolute atomic E-state index is 0.991. The minimum atomic E-state index is -0.991. The first-order valence-corrected chi connectivity index (χ1v) is 5.23. The Kier molecular flexibility index (Phi) is 0.858. The topological polar surface area (TPSA) is 12.5 Å². The van der Waals surface area contributed by atoms with E-state index in [-0.39, 0.29) is 0 Å². The summed E-state index contributed by atoms with van der Waals surface area (Å²) in [6.45, 7) is 4.32. The molecule has 48 valence electrons. The van der Waals surface area contributed by atoms with Crippen molar-refractivity contribution in [2.24, 2.45) is 0 Å². The first-order valence-electron chi connectivity index (χ1n) is 3.26. The molecule has 2 aliphatic heterocycles. The van der Waals surface area contributed by atoms with Crippen LogP contribution in [0.2, 0.25) is 0 Å². The third kappa shape index (κ3) is 0.533. The Bertz CT molecular complexity index is 217. The fourth-order valence-corrected chi connectivity index (χ4v) is 3.91. The van der Waals surface area contributed by atoms with Crippen LogP contribution in [0.25, 0.3) is 0 Å². The number of hydrogen-bond donors (Lipinski definition) is 0. The second-order valence-corrected chi connectivity index (χ2v) is 5.62. The predicted molar refractivity (Wildman–Crippen MR) is 40.4 cm³/mol. The Morgan fingerprint density at radius 3 is 2.67 bits per heavy atom. The number of allylic oxidation sites excluding steroid dienone is 2. The van der Waals surface area contributed by atoms with Crippen LogP contribution < -0.4 is 0 Å². The van der Waals surface area contributed by atoms with Gasteiger partial charge in [-0.25, -0.2) is 0 Å². The van der Waals surface area contributed by atoms with Crippen LogP contribution in [-0.4, -0.2) is 6.16 Å². The molecule has 1 fully saturated rings. The monoisotopic (exact) mass is 141 g/mol. The van der Waals surface area contributed by atoms with E-state index in [1.54, 1.807) is 0 Å². The standard InChI is InChI=1S/C7H10OP/c1-3-9-5-4-6(2)7(9)8-9/h4-5H,3H2,1-2H3/q+1. The van der Waals surface area contributed by atoms with Gasteiger partial charge in [0.05, 0.1) is 0 Å². The molecule has 1 nitrogen and oxygen atoms in total. The molecule has 0 amide bonds. The Morgan fingerprint density at radius 1 is 1.67 bits per heavy atom. The zero-order valence-corrected chi connectivity index (χ0v) is 6.61. The van der Waals surface area contributed by atoms with Crippen LogP contribution in [-0.2, 0) is 4.52 Å². The van der Waals surface area contributed by atoms with Gasteiger partial charge in [0, 0.05) is 5.57 Å². The Hall–Kier alpha value is -0.290. The molecule has 0 aromatic rings. The third-order valence-electron chi connectivity index (χ3n) is 1.93. The molecule has 9 heavy (non-hydrogen) atoms. The highest BCUT2D eigenvalue weighted by Gasteiger charge is 2.65. The van der Waals surface area contributed by atoms with E-state index in [0.29, 0.717) is 0 Å². The molecule has 0 spiro atoms. The summed E-state index contributed by atoms with van der Waals surface area (Å²) in [4.78, 5) is 0. The van der Waals surface area contributed by atoms with Crippen molar-refractivity contribution in [1.82, 2.24) is 0 Å². The van der Waals surface area contributed by atoms with Gasteiger partial charge in [-0.05, 0) is 19.9 Å². The summed E-state index contributed by atoms with van der Waals surface area (Å²) in [5, 5.41) is 0. The lowest BCUT2D eigenvalue weighted by molar-refractivity contribution is 0.625. The predicted octanol–water partition coefficient (Wildman–Crippen LogP) is 2.73. The van der Waals surface area contributed by atoms with E-state index in [4.69, 9.17) is 4.52 Å². The third-order valence-corrected chi connectivity index (χ3v) is 4.98. The molecule has 0 N–H and O–H groups in total. The molecule has 0 aliphatic carbocycles. The highest BCUT2D eigenvalue weighted by atomic mass is 31.2. The summed E-state index contributed by atoms with van der Waals surface area (Å²) in [6.07, 6.45) is 3.38. The molecule has 0 aromatic heterocycles. The van der Waals surface area contributed by atoms with E-state index >= 15 is 0 Å². The molecular weight excluding hydrogens is 131 g/mol. The van der Waals surface area contributed by atoms with E-state index in [1.165, 1.54) is 17.2 Å². The lowest BCUT2D eigenvalue weighted by atomic mass is 10.3. The maximum atomic E-state index is 5.51. The summed E-state index contributed by atoms with van der Waals surface area (Å²) in [6, 6.07) is 0. The van der Waals surface area contributed by atoms with Crippen LogP contribution >= 0.6 is 7.49 Å². The van der Waals surface area contributed by atoms with E-state index in [1.807, 2.05) is 0 Å². The fourth-order valence-electron chi connectivity index (χ4n) is 1.22. The normalized spacial score (nSPS) is 36.7. The highest BCUT2D eigenvalue weighted by molar-refractivity contribution is 7.84. The van der Waals surface area contributed by atoms with E-state index in [9.17, 15) is 0 Å². The van der Waals surface area contributed by atoms with Gasteiger partial charge < -0.3 is 0 Å². The van der Waals surface area contributed by atoms with Gasteiger partial charge in [-0.1, -0.05) is 0 Å². The molecule has 0 saturated carbocycles. The van der Waals surface area contributed by atoms with E-state index in [0.717, 1.165) is 0 Å². The first kappa shape index (κ1) is 5.49. The molecule has 0 radical (unpaired) electrons. The van der Waals surface area contributed by atoms with Crippen molar-refractivity contribution in [2.45, 2.75) is 13.8 Å². The van der Waals surface area contributed by atoms with Gasteiger partial charge in [0.1, 0.15) is 12.0 Å². The van der Waals surface area contributed by atoms with Gasteiger partial charge in [0.25, 0.3) is 7.49 Å². The van der Waals surface area contributed by atoms with Gasteiger partial charge in [-0.15, -0.1) is 0 Å². The lowest BCUT2D eigenvalue weighted by Gasteiger charge is -1.81. The molecule has 1 atom stereocenters. The summed E-state index contributed by atoms with van der Waals surface area (Å²) in [7, 11) is -0.991. The Morgan fingerprint density at radius 2 is 2.44 bits per heavy atom. The number of hydrogen-bond acceptors (Lipinski definition) is 1. The van der Waals surface area contributed by atoms with E-state index < -0.39 is 7.49 Å². The van der Waals surface area contributed by atoms with Crippen LogP contribution in [0.3, 0.4) is 0 Å². The second kappa shape index (κ2) is 1.41. The van der Waals surface area contributed by atoms with Crippen molar-refractivity contribution < 1.29 is 4.52 Å². The van der Waals surface area contributed by atoms with Crippen LogP contribution in [0.4, 0.5) is 0 Å². The summed E-state index contributed by atoms with van der Waals surface area (Å²) < 4.78 is 5.51. The van der Waals surface area contributed by atoms with Gasteiger partial charge in [0.15, 0.2) is 0 Å². The molecule has 0 aromatic carbocycles. The molecule has 0 bridgehead atoms. The maximum absolute atomic E-state index is 5.51. The van der Waals surface area contributed by atoms with Crippen LogP contribution in [0.5, 0.6) is 0 Å². The average molecular weight is 141 g/mol. The van der Waals surface area contributed by atoms with Gasteiger partial charge in [-0.3, -0.25) is 4.52 Å². The van der Waals surface area contributed by atoms with Gasteiger partial charge in [-0.2, -0.15) is 0 Å². The van der Waals surface area contributed by atoms with Crippen molar-refractivity contribution in [3.8, 4) is 0 Å². The average Bonchev–Trinajstić information content (AvgIpc) is 2.53. The van der Waals surface area contributed by atoms with E-state index in [2.05, 4.69) is 25.7 Å². The SMILES string of the molecule is CC[P+]12C=CC(C)=C1O2. The van der Waals surface area contributed by atoms with Gasteiger partial charge in [0.2, 0.25) is 0 Å². The molecule has 2 rings (SSSR count). The van der Waals surface area contributed by atoms with Crippen LogP contribution in [0.15, 0.2) is 23.0 Å². The Balaban J connectivity index is 2.37. The second-order valence-electron chi connectivity index (χ2n) is 2.51. The van der Waals surface area contributed by atoms with Crippen molar-refractivity contribution in [2.75, 3.05) is 6.16 Å². The molecule has 2 heterocycles. The van der Waals surface area contributed by atoms with Crippen LogP contribution in [0, 0.1) is 0 Å². The number of fused-ring (bicyclic) bond motifs is 1. The minimum Gasteiger partial charge on any atom is -0.296 e. The zero-order chi connectivity index (χ0) is 6.48. The molecule has 1 unspecified atom stereocenters. The fraction of sp³-hybridized carbons (Fsp3) is 0.429. The van der Waals surface area contributed by atoms with Crippen molar-refractivity contribution in [1.29, 1.82) is 0 Å². The highest BCUT2D eigenvalue weighted by Crippen LogP contribution is 2.87. The Labute approximate surface area is 55.8 Å². The first-order chi connectivity index (χ1) is 4.28. The summed E-state index contributed by atoms with van der Waals surface area (Å²) in [5.74, 6) is 2.26. The van der Waals surface area contributed by atoms with Crippen molar-refractivity contribution >= 4 is 7.49 Å². The maximum Gasteiger partial charge on any atom is 0.332 e. The zero-order valence-electron chi connectivity index (χ0n) is 5.72. The number of rotatable bonds is 1. The molecular formula is C7H10OP+. The largest absolute Gasteiger partial charge is 0.332 e. The lowest BCUT2D eigenvalue weighted by Crippen LogP contribution is -1.66. The van der Waals surface area contributed by atoms with Gasteiger partial charge >= 0.3 is 5.50 Å². The quantitative estimate of drug-likeness (QED) is 0.404. The van der Waals surface area contributed by atoms with Crippen molar-refractivity contribution in [3.05, 3.63) is 23.0 Å². The molecule has 1 saturated heterocycles. The summed E-state index contributed by atoms with van der Waals surface area (Å²) in [5.41, 5.74) is 2.66. The molecule has 2 heteroatoms. The summed E-state index contributed by atoms with van der Waals surface area (Å²) >= 11 is 0. The molecule has 2 aliphatic rings.